The van der Waals surface area contributed by atoms with E-state index in [-0.39, 0.29) is 0 Å². The van der Waals surface area contributed by atoms with Gasteiger partial charge in [0.1, 0.15) is 6.07 Å². The molecule has 0 aromatic carbocycles. The molecule has 2 aromatic rings. The Bertz CT molecular complexity index is 437. The SMILES string of the molecule is N#Cc1c[nH]cc1-c1cccnc1. The maximum absolute atomic E-state index is 8.78. The monoisotopic (exact) mass is 169 g/mol. The van der Waals surface area contributed by atoms with E-state index in [4.69, 9.17) is 5.26 Å². The van der Waals surface area contributed by atoms with E-state index in [0.717, 1.165) is 11.1 Å². The van der Waals surface area contributed by atoms with Crippen molar-refractivity contribution in [2.45, 2.75) is 0 Å². The highest BCUT2D eigenvalue weighted by molar-refractivity contribution is 5.68. The van der Waals surface area contributed by atoms with Crippen LogP contribution in [0.4, 0.5) is 0 Å². The molecule has 2 aromatic heterocycles. The van der Waals surface area contributed by atoms with Crippen molar-refractivity contribution in [1.82, 2.24) is 9.97 Å². The predicted molar refractivity (Wildman–Crippen MR) is 48.7 cm³/mol. The largest absolute Gasteiger partial charge is 0.366 e. The molecule has 0 fully saturated rings. The molecule has 0 aliphatic heterocycles. The topological polar surface area (TPSA) is 52.5 Å². The molecule has 0 saturated heterocycles. The fraction of sp³-hybridized carbons (Fsp3) is 0. The van der Waals surface area contributed by atoms with Gasteiger partial charge < -0.3 is 4.98 Å². The van der Waals surface area contributed by atoms with E-state index in [2.05, 4.69) is 16.0 Å². The number of nitrogens with one attached hydrogen (secondary N) is 1. The minimum absolute atomic E-state index is 0.646. The lowest BCUT2D eigenvalue weighted by Gasteiger charge is -1.95. The molecule has 0 aliphatic carbocycles. The van der Waals surface area contributed by atoms with Gasteiger partial charge in [0.05, 0.1) is 5.56 Å². The van der Waals surface area contributed by atoms with Gasteiger partial charge in [-0.2, -0.15) is 5.26 Å². The van der Waals surface area contributed by atoms with Gasteiger partial charge in [-0.15, -0.1) is 0 Å². The number of nitriles is 1. The van der Waals surface area contributed by atoms with Gasteiger partial charge in [-0.1, -0.05) is 6.07 Å². The zero-order valence-electron chi connectivity index (χ0n) is 6.86. The highest BCUT2D eigenvalue weighted by Gasteiger charge is 2.04. The second-order valence-corrected chi connectivity index (χ2v) is 2.64. The van der Waals surface area contributed by atoms with Crippen LogP contribution in [-0.4, -0.2) is 9.97 Å². The van der Waals surface area contributed by atoms with E-state index >= 15 is 0 Å². The summed E-state index contributed by atoms with van der Waals surface area (Å²) in [6, 6.07) is 5.89. The van der Waals surface area contributed by atoms with E-state index in [1.165, 1.54) is 0 Å². The number of nitrogens with zero attached hydrogens (tertiary/aromatic N) is 2. The van der Waals surface area contributed by atoms with Gasteiger partial charge in [0.15, 0.2) is 0 Å². The Kier molecular flexibility index (Phi) is 1.81. The third kappa shape index (κ3) is 1.30. The van der Waals surface area contributed by atoms with E-state index in [9.17, 15) is 0 Å². The summed E-state index contributed by atoms with van der Waals surface area (Å²) in [7, 11) is 0. The number of hydrogen-bond donors (Lipinski definition) is 1. The molecule has 13 heavy (non-hydrogen) atoms. The normalized spacial score (nSPS) is 9.46. The van der Waals surface area contributed by atoms with Gasteiger partial charge in [0.2, 0.25) is 0 Å². The summed E-state index contributed by atoms with van der Waals surface area (Å²) in [4.78, 5) is 6.89. The van der Waals surface area contributed by atoms with Crippen LogP contribution in [0.25, 0.3) is 11.1 Å². The van der Waals surface area contributed by atoms with Gasteiger partial charge in [-0.25, -0.2) is 0 Å². The third-order valence-corrected chi connectivity index (χ3v) is 1.84. The lowest BCUT2D eigenvalue weighted by atomic mass is 10.1. The zero-order chi connectivity index (χ0) is 9.10. The van der Waals surface area contributed by atoms with Crippen molar-refractivity contribution >= 4 is 0 Å². The number of H-pyrrole nitrogens is 1. The minimum Gasteiger partial charge on any atom is -0.366 e. The van der Waals surface area contributed by atoms with Crippen molar-refractivity contribution in [3.63, 3.8) is 0 Å². The first-order valence-electron chi connectivity index (χ1n) is 3.89. The quantitative estimate of drug-likeness (QED) is 0.709. The second-order valence-electron chi connectivity index (χ2n) is 2.64. The molecule has 0 bridgehead atoms. The van der Waals surface area contributed by atoms with Crippen LogP contribution in [-0.2, 0) is 0 Å². The molecule has 2 rings (SSSR count). The molecule has 0 amide bonds. The molecule has 0 unspecified atom stereocenters. The summed E-state index contributed by atoms with van der Waals surface area (Å²) in [6.45, 7) is 0. The molecular formula is C10H7N3. The first-order valence-corrected chi connectivity index (χ1v) is 3.89. The van der Waals surface area contributed by atoms with Crippen molar-refractivity contribution in [2.75, 3.05) is 0 Å². The van der Waals surface area contributed by atoms with Crippen molar-refractivity contribution in [3.05, 3.63) is 42.5 Å². The summed E-state index contributed by atoms with van der Waals surface area (Å²) in [5.74, 6) is 0. The molecule has 0 aliphatic rings. The summed E-state index contributed by atoms with van der Waals surface area (Å²) >= 11 is 0. The standard InChI is InChI=1S/C10H7N3/c11-4-9-6-13-7-10(9)8-2-1-3-12-5-8/h1-3,5-7,13H. The Morgan fingerprint density at radius 3 is 3.00 bits per heavy atom. The molecule has 0 radical (unpaired) electrons. The molecule has 3 heteroatoms. The predicted octanol–water partition coefficient (Wildman–Crippen LogP) is 1.95. The number of aromatic amines is 1. The summed E-state index contributed by atoms with van der Waals surface area (Å²) in [5.41, 5.74) is 2.50. The molecular weight excluding hydrogens is 162 g/mol. The molecule has 3 nitrogen and oxygen atoms in total. The maximum Gasteiger partial charge on any atom is 0.101 e. The van der Waals surface area contributed by atoms with Crippen molar-refractivity contribution in [2.24, 2.45) is 0 Å². The molecule has 1 N–H and O–H groups in total. The minimum atomic E-state index is 0.646. The summed E-state index contributed by atoms with van der Waals surface area (Å²) in [5, 5.41) is 8.78. The van der Waals surface area contributed by atoms with Crippen LogP contribution in [0.5, 0.6) is 0 Å². The van der Waals surface area contributed by atoms with Gasteiger partial charge in [-0.05, 0) is 6.07 Å². The highest BCUT2D eigenvalue weighted by Crippen LogP contribution is 2.21. The first-order chi connectivity index (χ1) is 6.42. The maximum atomic E-state index is 8.78. The van der Waals surface area contributed by atoms with Crippen LogP contribution in [0.15, 0.2) is 36.9 Å². The lowest BCUT2D eigenvalue weighted by molar-refractivity contribution is 1.33. The summed E-state index contributed by atoms with van der Waals surface area (Å²) in [6.07, 6.45) is 6.93. The Morgan fingerprint density at radius 1 is 1.38 bits per heavy atom. The summed E-state index contributed by atoms with van der Waals surface area (Å²) < 4.78 is 0. The number of rotatable bonds is 1. The fourth-order valence-electron chi connectivity index (χ4n) is 1.22. The molecule has 0 spiro atoms. The van der Waals surface area contributed by atoms with Crippen LogP contribution >= 0.6 is 0 Å². The van der Waals surface area contributed by atoms with E-state index < -0.39 is 0 Å². The second kappa shape index (κ2) is 3.11. The van der Waals surface area contributed by atoms with Crippen LogP contribution in [0.1, 0.15) is 5.56 Å². The Hall–Kier alpha value is -2.08. The molecule has 0 saturated carbocycles. The van der Waals surface area contributed by atoms with Crippen molar-refractivity contribution in [1.29, 1.82) is 5.26 Å². The molecule has 0 atom stereocenters. The van der Waals surface area contributed by atoms with Crippen molar-refractivity contribution in [3.8, 4) is 17.2 Å². The number of aromatic nitrogens is 2. The van der Waals surface area contributed by atoms with Gasteiger partial charge in [-0.3, -0.25) is 4.98 Å². The van der Waals surface area contributed by atoms with Crippen LogP contribution in [0.2, 0.25) is 0 Å². The average molecular weight is 169 g/mol. The van der Waals surface area contributed by atoms with Gasteiger partial charge in [0, 0.05) is 35.9 Å². The van der Waals surface area contributed by atoms with Crippen LogP contribution in [0, 0.1) is 11.3 Å². The fourth-order valence-corrected chi connectivity index (χ4v) is 1.22. The Morgan fingerprint density at radius 2 is 2.31 bits per heavy atom. The van der Waals surface area contributed by atoms with Gasteiger partial charge in [0.25, 0.3) is 0 Å². The smallest absolute Gasteiger partial charge is 0.101 e. The third-order valence-electron chi connectivity index (χ3n) is 1.84. The molecule has 62 valence electrons. The van der Waals surface area contributed by atoms with E-state index in [0.29, 0.717) is 5.56 Å². The first kappa shape index (κ1) is 7.56. The van der Waals surface area contributed by atoms with E-state index in [1.807, 2.05) is 12.1 Å². The lowest BCUT2D eigenvalue weighted by Crippen LogP contribution is -1.78. The zero-order valence-corrected chi connectivity index (χ0v) is 6.86. The average Bonchev–Trinajstić information content (AvgIpc) is 2.67. The molecule has 2 heterocycles. The van der Waals surface area contributed by atoms with E-state index in [1.54, 1.807) is 24.8 Å². The van der Waals surface area contributed by atoms with Crippen LogP contribution < -0.4 is 0 Å². The Labute approximate surface area is 75.7 Å². The highest BCUT2D eigenvalue weighted by atomic mass is 14.7. The van der Waals surface area contributed by atoms with Crippen LogP contribution in [0.3, 0.4) is 0 Å². The van der Waals surface area contributed by atoms with Crippen molar-refractivity contribution < 1.29 is 0 Å². The number of pyridine rings is 1. The Balaban J connectivity index is 2.54. The number of hydrogen-bond acceptors (Lipinski definition) is 2. The van der Waals surface area contributed by atoms with Gasteiger partial charge >= 0.3 is 0 Å².